The molecule has 2 aromatic carbocycles. The van der Waals surface area contributed by atoms with Crippen LogP contribution in [0.1, 0.15) is 17.3 Å². The Bertz CT molecular complexity index is 868. The standard InChI is InChI=1S/C21H23Cl2N3O3/c1-2-25(21(28)18-13-15(22)3-8-19(18)23)14-20(27)24-16-4-6-17(7-5-16)26-9-11-29-12-10-26/h3-8,13H,2,9-12,14H2,1H3,(H,24,27). The fourth-order valence-electron chi connectivity index (χ4n) is 3.11. The van der Waals surface area contributed by atoms with Gasteiger partial charge in [-0.2, -0.15) is 0 Å². The predicted molar refractivity (Wildman–Crippen MR) is 116 cm³/mol. The highest BCUT2D eigenvalue weighted by molar-refractivity contribution is 6.35. The Morgan fingerprint density at radius 1 is 1.10 bits per heavy atom. The van der Waals surface area contributed by atoms with E-state index in [9.17, 15) is 9.59 Å². The molecule has 1 heterocycles. The number of benzene rings is 2. The molecule has 0 radical (unpaired) electrons. The van der Waals surface area contributed by atoms with Crippen LogP contribution < -0.4 is 10.2 Å². The predicted octanol–water partition coefficient (Wildman–Crippen LogP) is 3.93. The summed E-state index contributed by atoms with van der Waals surface area (Å²) in [6.07, 6.45) is 0. The molecular formula is C21H23Cl2N3O3. The summed E-state index contributed by atoms with van der Waals surface area (Å²) >= 11 is 12.1. The molecule has 3 rings (SSSR count). The van der Waals surface area contributed by atoms with Gasteiger partial charge in [0.2, 0.25) is 5.91 Å². The highest BCUT2D eigenvalue weighted by Gasteiger charge is 2.20. The number of ether oxygens (including phenoxy) is 1. The smallest absolute Gasteiger partial charge is 0.255 e. The molecule has 0 spiro atoms. The van der Waals surface area contributed by atoms with E-state index >= 15 is 0 Å². The number of carbonyl (C=O) groups excluding carboxylic acids is 2. The molecular weight excluding hydrogens is 413 g/mol. The van der Waals surface area contributed by atoms with E-state index in [0.29, 0.717) is 22.3 Å². The Kier molecular flexibility index (Phi) is 7.36. The van der Waals surface area contributed by atoms with Crippen molar-refractivity contribution in [3.05, 3.63) is 58.1 Å². The topological polar surface area (TPSA) is 61.9 Å². The van der Waals surface area contributed by atoms with Gasteiger partial charge in [0.15, 0.2) is 0 Å². The lowest BCUT2D eigenvalue weighted by molar-refractivity contribution is -0.116. The van der Waals surface area contributed by atoms with E-state index in [1.807, 2.05) is 24.3 Å². The number of anilines is 2. The minimum absolute atomic E-state index is 0.0800. The van der Waals surface area contributed by atoms with Gasteiger partial charge in [-0.15, -0.1) is 0 Å². The summed E-state index contributed by atoms with van der Waals surface area (Å²) in [5.74, 6) is -0.615. The third-order valence-electron chi connectivity index (χ3n) is 4.69. The van der Waals surface area contributed by atoms with Gasteiger partial charge >= 0.3 is 0 Å². The number of likely N-dealkylation sites (N-methyl/N-ethyl adjacent to an activating group) is 1. The summed E-state index contributed by atoms with van der Waals surface area (Å²) in [7, 11) is 0. The molecule has 6 nitrogen and oxygen atoms in total. The van der Waals surface area contributed by atoms with Crippen molar-refractivity contribution in [1.82, 2.24) is 4.90 Å². The van der Waals surface area contributed by atoms with Gasteiger partial charge in [0, 0.05) is 36.0 Å². The quantitative estimate of drug-likeness (QED) is 0.746. The maximum absolute atomic E-state index is 12.7. The third kappa shape index (κ3) is 5.63. The van der Waals surface area contributed by atoms with Gasteiger partial charge in [-0.05, 0) is 49.4 Å². The molecule has 0 unspecified atom stereocenters. The Balaban J connectivity index is 1.61. The van der Waals surface area contributed by atoms with E-state index in [4.69, 9.17) is 27.9 Å². The average molecular weight is 436 g/mol. The molecule has 2 amide bonds. The van der Waals surface area contributed by atoms with Gasteiger partial charge in [0.1, 0.15) is 6.54 Å². The van der Waals surface area contributed by atoms with E-state index in [2.05, 4.69) is 10.2 Å². The lowest BCUT2D eigenvalue weighted by Crippen LogP contribution is -2.38. The molecule has 0 saturated carbocycles. The van der Waals surface area contributed by atoms with Gasteiger partial charge in [0.25, 0.3) is 5.91 Å². The first-order valence-corrected chi connectivity index (χ1v) is 10.2. The number of amides is 2. The number of morpholine rings is 1. The van der Waals surface area contributed by atoms with Gasteiger partial charge in [-0.3, -0.25) is 9.59 Å². The molecule has 1 fully saturated rings. The van der Waals surface area contributed by atoms with Crippen LogP contribution in [0.15, 0.2) is 42.5 Å². The van der Waals surface area contributed by atoms with Gasteiger partial charge in [0.05, 0.1) is 23.8 Å². The van der Waals surface area contributed by atoms with Crippen LogP contribution in [0, 0.1) is 0 Å². The van der Waals surface area contributed by atoms with E-state index in [1.54, 1.807) is 19.1 Å². The SMILES string of the molecule is CCN(CC(=O)Nc1ccc(N2CCOCC2)cc1)C(=O)c1cc(Cl)ccc1Cl. The molecule has 0 aliphatic carbocycles. The highest BCUT2D eigenvalue weighted by Crippen LogP contribution is 2.22. The number of hydrogen-bond donors (Lipinski definition) is 1. The summed E-state index contributed by atoms with van der Waals surface area (Å²) < 4.78 is 5.36. The van der Waals surface area contributed by atoms with Crippen molar-refractivity contribution >= 4 is 46.4 Å². The van der Waals surface area contributed by atoms with Crippen LogP contribution in [0.2, 0.25) is 10.0 Å². The Hall–Kier alpha value is -2.28. The van der Waals surface area contributed by atoms with Crippen LogP contribution >= 0.6 is 23.2 Å². The van der Waals surface area contributed by atoms with Crippen LogP contribution in [0.4, 0.5) is 11.4 Å². The molecule has 0 aromatic heterocycles. The van der Waals surface area contributed by atoms with Crippen molar-refractivity contribution < 1.29 is 14.3 Å². The maximum atomic E-state index is 12.7. The molecule has 8 heteroatoms. The molecule has 1 aliphatic heterocycles. The van der Waals surface area contributed by atoms with Crippen molar-refractivity contribution in [2.45, 2.75) is 6.92 Å². The zero-order valence-corrected chi connectivity index (χ0v) is 17.7. The van der Waals surface area contributed by atoms with Gasteiger partial charge in [-0.1, -0.05) is 23.2 Å². The number of nitrogens with one attached hydrogen (secondary N) is 1. The second-order valence-corrected chi connectivity index (χ2v) is 7.48. The molecule has 0 bridgehead atoms. The van der Waals surface area contributed by atoms with Crippen molar-refractivity contribution in [3.8, 4) is 0 Å². The summed E-state index contributed by atoms with van der Waals surface area (Å²) in [4.78, 5) is 28.9. The van der Waals surface area contributed by atoms with Crippen molar-refractivity contribution in [2.75, 3.05) is 49.6 Å². The maximum Gasteiger partial charge on any atom is 0.255 e. The first-order valence-electron chi connectivity index (χ1n) is 9.45. The largest absolute Gasteiger partial charge is 0.378 e. The molecule has 29 heavy (non-hydrogen) atoms. The van der Waals surface area contributed by atoms with E-state index in [0.717, 1.165) is 32.0 Å². The van der Waals surface area contributed by atoms with Crippen LogP contribution in [0.25, 0.3) is 0 Å². The monoisotopic (exact) mass is 435 g/mol. The number of hydrogen-bond acceptors (Lipinski definition) is 4. The molecule has 1 N–H and O–H groups in total. The van der Waals surface area contributed by atoms with Gasteiger partial charge in [-0.25, -0.2) is 0 Å². The zero-order valence-electron chi connectivity index (χ0n) is 16.2. The second kappa shape index (κ2) is 9.96. The van der Waals surface area contributed by atoms with Crippen LogP contribution in [0.3, 0.4) is 0 Å². The highest BCUT2D eigenvalue weighted by atomic mass is 35.5. The Morgan fingerprint density at radius 3 is 2.45 bits per heavy atom. The molecule has 154 valence electrons. The Labute approximate surface area is 180 Å². The minimum Gasteiger partial charge on any atom is -0.378 e. The van der Waals surface area contributed by atoms with Crippen LogP contribution in [-0.2, 0) is 9.53 Å². The molecule has 1 saturated heterocycles. The average Bonchev–Trinajstić information content (AvgIpc) is 2.74. The van der Waals surface area contributed by atoms with Gasteiger partial charge < -0.3 is 19.9 Å². The molecule has 1 aliphatic rings. The first kappa shape index (κ1) is 21.4. The van der Waals surface area contributed by atoms with E-state index in [1.165, 1.54) is 11.0 Å². The molecule has 2 aromatic rings. The first-order chi connectivity index (χ1) is 14.0. The fraction of sp³-hybridized carbons (Fsp3) is 0.333. The summed E-state index contributed by atoms with van der Waals surface area (Å²) in [5.41, 5.74) is 2.05. The summed E-state index contributed by atoms with van der Waals surface area (Å²) in [6, 6.07) is 12.3. The normalized spacial score (nSPS) is 13.8. The minimum atomic E-state index is -0.335. The van der Waals surface area contributed by atoms with Crippen molar-refractivity contribution in [3.63, 3.8) is 0 Å². The fourth-order valence-corrected chi connectivity index (χ4v) is 3.48. The van der Waals surface area contributed by atoms with Crippen molar-refractivity contribution in [1.29, 1.82) is 0 Å². The molecule has 0 atom stereocenters. The number of carbonyl (C=O) groups is 2. The van der Waals surface area contributed by atoms with Crippen LogP contribution in [0.5, 0.6) is 0 Å². The zero-order chi connectivity index (χ0) is 20.8. The van der Waals surface area contributed by atoms with Crippen LogP contribution in [-0.4, -0.2) is 56.1 Å². The Morgan fingerprint density at radius 2 is 1.79 bits per heavy atom. The lowest BCUT2D eigenvalue weighted by Gasteiger charge is -2.29. The summed E-state index contributed by atoms with van der Waals surface area (Å²) in [6.45, 7) is 5.23. The third-order valence-corrected chi connectivity index (χ3v) is 5.25. The van der Waals surface area contributed by atoms with E-state index < -0.39 is 0 Å². The van der Waals surface area contributed by atoms with E-state index in [-0.39, 0.29) is 23.9 Å². The number of rotatable bonds is 6. The lowest BCUT2D eigenvalue weighted by atomic mass is 10.2. The second-order valence-electron chi connectivity index (χ2n) is 6.64. The summed E-state index contributed by atoms with van der Waals surface area (Å²) in [5, 5.41) is 3.55. The number of halogens is 2. The van der Waals surface area contributed by atoms with Crippen molar-refractivity contribution in [2.24, 2.45) is 0 Å². The number of nitrogens with zero attached hydrogens (tertiary/aromatic N) is 2.